The number of thiophene rings is 1. The quantitative estimate of drug-likeness (QED) is 0.656. The second kappa shape index (κ2) is 5.19. The standard InChI is InChI=1S/C15H20N4OS/c1-2-20-12(8-6-7-8)14-17-13(19-16)11-9-4-3-5-10(9)21-15(11)18-14/h8,12H,2-7,16H2,1H3,(H,17,18,19). The molecule has 0 aromatic carbocycles. The molecule has 0 amide bonds. The van der Waals surface area contributed by atoms with Gasteiger partial charge in [-0.05, 0) is 50.5 Å². The highest BCUT2D eigenvalue weighted by Crippen LogP contribution is 2.44. The maximum Gasteiger partial charge on any atom is 0.161 e. The Morgan fingerprint density at radius 2 is 2.24 bits per heavy atom. The van der Waals surface area contributed by atoms with Gasteiger partial charge in [0.1, 0.15) is 10.9 Å². The number of hydrogen-bond donors (Lipinski definition) is 2. The number of hydrazine groups is 1. The van der Waals surface area contributed by atoms with E-state index >= 15 is 0 Å². The fourth-order valence-corrected chi connectivity index (χ4v) is 4.51. The van der Waals surface area contributed by atoms with Gasteiger partial charge in [-0.2, -0.15) is 0 Å². The van der Waals surface area contributed by atoms with Crippen LogP contribution in [0.4, 0.5) is 5.82 Å². The molecule has 2 aromatic heterocycles. The van der Waals surface area contributed by atoms with Crippen molar-refractivity contribution in [2.45, 2.75) is 45.1 Å². The fourth-order valence-electron chi connectivity index (χ4n) is 3.24. The lowest BCUT2D eigenvalue weighted by Gasteiger charge is -2.16. The fraction of sp³-hybridized carbons (Fsp3) is 0.600. The van der Waals surface area contributed by atoms with Crippen LogP contribution < -0.4 is 11.3 Å². The number of nitrogens with one attached hydrogen (secondary N) is 1. The highest BCUT2D eigenvalue weighted by molar-refractivity contribution is 7.19. The maximum absolute atomic E-state index is 5.89. The second-order valence-electron chi connectivity index (χ2n) is 5.83. The summed E-state index contributed by atoms with van der Waals surface area (Å²) in [7, 11) is 0. The summed E-state index contributed by atoms with van der Waals surface area (Å²) in [5.41, 5.74) is 4.18. The Balaban J connectivity index is 1.83. The van der Waals surface area contributed by atoms with E-state index in [9.17, 15) is 0 Å². The molecule has 0 bridgehead atoms. The first-order valence-corrected chi connectivity index (χ1v) is 8.53. The molecule has 6 heteroatoms. The molecule has 4 rings (SSSR count). The van der Waals surface area contributed by atoms with Gasteiger partial charge in [0.2, 0.25) is 0 Å². The van der Waals surface area contributed by atoms with E-state index in [1.165, 1.54) is 29.7 Å². The van der Waals surface area contributed by atoms with Crippen molar-refractivity contribution in [1.29, 1.82) is 0 Å². The third-order valence-electron chi connectivity index (χ3n) is 4.37. The number of rotatable bonds is 5. The Hall–Kier alpha value is -1.24. The topological polar surface area (TPSA) is 73.1 Å². The molecule has 2 aliphatic rings. The first kappa shape index (κ1) is 13.4. The number of aryl methyl sites for hydroxylation is 2. The second-order valence-corrected chi connectivity index (χ2v) is 6.91. The molecule has 0 radical (unpaired) electrons. The summed E-state index contributed by atoms with van der Waals surface area (Å²) in [5, 5.41) is 1.13. The zero-order valence-corrected chi connectivity index (χ0v) is 13.0. The van der Waals surface area contributed by atoms with Crippen LogP contribution in [0.3, 0.4) is 0 Å². The number of aromatic nitrogens is 2. The Kier molecular flexibility index (Phi) is 3.32. The third kappa shape index (κ3) is 2.22. The van der Waals surface area contributed by atoms with Gasteiger partial charge in [0, 0.05) is 11.5 Å². The van der Waals surface area contributed by atoms with Gasteiger partial charge in [0.15, 0.2) is 11.6 Å². The summed E-state index contributed by atoms with van der Waals surface area (Å²) in [6, 6.07) is 0. The van der Waals surface area contributed by atoms with Crippen LogP contribution in [0.15, 0.2) is 0 Å². The van der Waals surface area contributed by atoms with E-state index in [2.05, 4.69) is 10.4 Å². The molecule has 21 heavy (non-hydrogen) atoms. The molecule has 2 heterocycles. The number of fused-ring (bicyclic) bond motifs is 3. The summed E-state index contributed by atoms with van der Waals surface area (Å²) in [5.74, 6) is 7.85. The van der Waals surface area contributed by atoms with Gasteiger partial charge in [-0.1, -0.05) is 0 Å². The zero-order valence-electron chi connectivity index (χ0n) is 12.2. The van der Waals surface area contributed by atoms with Crippen molar-refractivity contribution >= 4 is 27.4 Å². The minimum atomic E-state index is 0.0171. The summed E-state index contributed by atoms with van der Waals surface area (Å²) < 4.78 is 5.89. The third-order valence-corrected chi connectivity index (χ3v) is 5.56. The van der Waals surface area contributed by atoms with Gasteiger partial charge < -0.3 is 10.2 Å². The van der Waals surface area contributed by atoms with Gasteiger partial charge in [-0.15, -0.1) is 11.3 Å². The van der Waals surface area contributed by atoms with E-state index in [1.807, 2.05) is 6.92 Å². The van der Waals surface area contributed by atoms with Gasteiger partial charge >= 0.3 is 0 Å². The predicted molar refractivity (Wildman–Crippen MR) is 84.3 cm³/mol. The number of hydrogen-bond acceptors (Lipinski definition) is 6. The number of nitrogen functional groups attached to an aromatic ring is 1. The van der Waals surface area contributed by atoms with Gasteiger partial charge in [0.05, 0.1) is 5.39 Å². The largest absolute Gasteiger partial charge is 0.370 e. The molecule has 0 spiro atoms. The highest BCUT2D eigenvalue weighted by Gasteiger charge is 2.36. The van der Waals surface area contributed by atoms with Crippen LogP contribution in [-0.4, -0.2) is 16.6 Å². The summed E-state index contributed by atoms with van der Waals surface area (Å²) >= 11 is 1.80. The van der Waals surface area contributed by atoms with Crippen LogP contribution >= 0.6 is 11.3 Å². The summed E-state index contributed by atoms with van der Waals surface area (Å²) in [6.45, 7) is 2.71. The minimum Gasteiger partial charge on any atom is -0.370 e. The molecular weight excluding hydrogens is 284 g/mol. The lowest BCUT2D eigenvalue weighted by molar-refractivity contribution is 0.0404. The first-order chi connectivity index (χ1) is 10.3. The molecule has 1 atom stereocenters. The van der Waals surface area contributed by atoms with Crippen LogP contribution in [-0.2, 0) is 17.6 Å². The normalized spacial score (nSPS) is 19.0. The molecule has 0 aliphatic heterocycles. The van der Waals surface area contributed by atoms with Crippen molar-refractivity contribution in [2.75, 3.05) is 12.0 Å². The van der Waals surface area contributed by atoms with Crippen LogP contribution in [0.25, 0.3) is 10.2 Å². The molecule has 1 saturated carbocycles. The first-order valence-electron chi connectivity index (χ1n) is 7.72. The smallest absolute Gasteiger partial charge is 0.161 e. The van der Waals surface area contributed by atoms with E-state index in [1.54, 1.807) is 11.3 Å². The van der Waals surface area contributed by atoms with Crippen molar-refractivity contribution in [2.24, 2.45) is 11.8 Å². The number of anilines is 1. The molecule has 1 fully saturated rings. The minimum absolute atomic E-state index is 0.0171. The molecular formula is C15H20N4OS. The zero-order chi connectivity index (χ0) is 14.4. The van der Waals surface area contributed by atoms with E-state index in [-0.39, 0.29) is 6.10 Å². The maximum atomic E-state index is 5.89. The summed E-state index contributed by atoms with van der Waals surface area (Å²) in [6.07, 6.45) is 5.93. The van der Waals surface area contributed by atoms with E-state index < -0.39 is 0 Å². The molecule has 3 N–H and O–H groups in total. The highest BCUT2D eigenvalue weighted by atomic mass is 32.1. The Labute approximate surface area is 127 Å². The number of nitrogens with zero attached hydrogens (tertiary/aromatic N) is 2. The van der Waals surface area contributed by atoms with Crippen LogP contribution in [0.5, 0.6) is 0 Å². The van der Waals surface area contributed by atoms with Crippen LogP contribution in [0.2, 0.25) is 0 Å². The van der Waals surface area contributed by atoms with Crippen molar-refractivity contribution in [3.05, 3.63) is 16.3 Å². The lowest BCUT2D eigenvalue weighted by atomic mass is 10.1. The average molecular weight is 304 g/mol. The molecule has 2 aromatic rings. The van der Waals surface area contributed by atoms with Crippen LogP contribution in [0, 0.1) is 5.92 Å². The SMILES string of the molecule is CCOC(c1nc(NN)c2c3c(sc2n1)CCC3)C1CC1. The predicted octanol–water partition coefficient (Wildman–Crippen LogP) is 2.95. The van der Waals surface area contributed by atoms with E-state index in [4.69, 9.17) is 15.6 Å². The lowest BCUT2D eigenvalue weighted by Crippen LogP contribution is -2.15. The van der Waals surface area contributed by atoms with Crippen molar-refractivity contribution in [1.82, 2.24) is 9.97 Å². The molecule has 2 aliphatic carbocycles. The van der Waals surface area contributed by atoms with Gasteiger partial charge in [-0.3, -0.25) is 0 Å². The number of ether oxygens (including phenoxy) is 1. The Bertz CT molecular complexity index is 680. The number of nitrogens with two attached hydrogens (primary N) is 1. The molecule has 1 unspecified atom stereocenters. The molecule has 5 nitrogen and oxygen atoms in total. The molecule has 112 valence electrons. The van der Waals surface area contributed by atoms with Crippen LogP contribution in [0.1, 0.15) is 48.6 Å². The van der Waals surface area contributed by atoms with Crippen molar-refractivity contribution in [3.8, 4) is 0 Å². The summed E-state index contributed by atoms with van der Waals surface area (Å²) in [4.78, 5) is 12.0. The van der Waals surface area contributed by atoms with Crippen molar-refractivity contribution < 1.29 is 4.74 Å². The van der Waals surface area contributed by atoms with Crippen molar-refractivity contribution in [3.63, 3.8) is 0 Å². The average Bonchev–Trinajstić information content (AvgIpc) is 3.12. The Morgan fingerprint density at radius 1 is 1.38 bits per heavy atom. The monoisotopic (exact) mass is 304 g/mol. The van der Waals surface area contributed by atoms with Gasteiger partial charge in [-0.25, -0.2) is 15.8 Å². The molecule has 0 saturated heterocycles. The van der Waals surface area contributed by atoms with Gasteiger partial charge in [0.25, 0.3) is 0 Å². The Morgan fingerprint density at radius 3 is 2.95 bits per heavy atom. The van der Waals surface area contributed by atoms with E-state index in [0.29, 0.717) is 12.5 Å². The van der Waals surface area contributed by atoms with E-state index in [0.717, 1.165) is 34.7 Å².